The molecule has 0 spiro atoms. The first-order valence-corrected chi connectivity index (χ1v) is 4.59. The Hall–Kier alpha value is -2.41. The van der Waals surface area contributed by atoms with Gasteiger partial charge in [0.2, 0.25) is 0 Å². The van der Waals surface area contributed by atoms with Gasteiger partial charge >= 0.3 is 93.8 Å². The predicted octanol–water partition coefficient (Wildman–Crippen LogP) is 1.70. The zero-order valence-corrected chi connectivity index (χ0v) is 8.72. The molecule has 17 heavy (non-hydrogen) atoms. The van der Waals surface area contributed by atoms with Crippen molar-refractivity contribution in [1.29, 1.82) is 0 Å². The molecule has 1 N–H and O–H groups in total. The fraction of sp³-hybridized carbons (Fsp3) is 0.125. The molecular formula is C8H6BFN5O2+. The first-order valence-electron chi connectivity index (χ1n) is 4.59. The molecule has 0 aliphatic heterocycles. The number of hydrogen-bond donors (Lipinski definition) is 1. The summed E-state index contributed by atoms with van der Waals surface area (Å²) in [5, 5.41) is 14.4. The fourth-order valence-corrected chi connectivity index (χ4v) is 1.56. The summed E-state index contributed by atoms with van der Waals surface area (Å²) in [6.45, 7) is 1.59. The van der Waals surface area contributed by atoms with E-state index in [2.05, 4.69) is 19.8 Å². The average molecular weight is 234 g/mol. The van der Waals surface area contributed by atoms with Crippen LogP contribution in [0.1, 0.15) is 5.56 Å². The molecule has 2 aromatic rings. The van der Waals surface area contributed by atoms with Crippen LogP contribution in [0.3, 0.4) is 0 Å². The van der Waals surface area contributed by atoms with Gasteiger partial charge in [0.15, 0.2) is 0 Å². The van der Waals surface area contributed by atoms with Crippen LogP contribution in [0, 0.1) is 17.0 Å². The number of hydrogen-bond acceptors (Lipinski definition) is 4. The molecule has 0 aliphatic carbocycles. The zero-order valence-electron chi connectivity index (χ0n) is 8.72. The van der Waals surface area contributed by atoms with Crippen LogP contribution in [0.5, 0.6) is 0 Å². The van der Waals surface area contributed by atoms with E-state index in [1.807, 2.05) is 0 Å². The number of aryl methyl sites for hydroxylation is 1. The van der Waals surface area contributed by atoms with Gasteiger partial charge in [-0.3, -0.25) is 0 Å². The minimum absolute atomic E-state index is 0.00783. The van der Waals surface area contributed by atoms with E-state index in [-0.39, 0.29) is 18.7 Å². The molecule has 1 aromatic carbocycles. The first kappa shape index (κ1) is 11.1. The molecule has 1 heterocycles. The van der Waals surface area contributed by atoms with Crippen LogP contribution in [0.2, 0.25) is 0 Å². The number of aromatic amines is 1. The monoisotopic (exact) mass is 234 g/mol. The summed E-state index contributed by atoms with van der Waals surface area (Å²) in [5.74, 6) is 0. The van der Waals surface area contributed by atoms with Crippen LogP contribution in [-0.2, 0) is 0 Å². The molecule has 1 aromatic heterocycles. The Morgan fingerprint density at radius 2 is 2.47 bits per heavy atom. The van der Waals surface area contributed by atoms with Crippen molar-refractivity contribution in [3.63, 3.8) is 0 Å². The summed E-state index contributed by atoms with van der Waals surface area (Å²) >= 11 is 0. The van der Waals surface area contributed by atoms with E-state index in [1.165, 1.54) is 12.4 Å². The molecule has 2 rings (SSSR count). The molecule has 84 valence electrons. The van der Waals surface area contributed by atoms with Gasteiger partial charge in [0.05, 0.1) is 0 Å². The number of nitrogens with one attached hydrogen (secondary N) is 1. The van der Waals surface area contributed by atoms with Crippen LogP contribution in [0.15, 0.2) is 17.5 Å². The number of benzene rings is 1. The van der Waals surface area contributed by atoms with Crippen LogP contribution in [0.25, 0.3) is 11.0 Å². The first-order chi connectivity index (χ1) is 8.15. The molecule has 0 radical (unpaired) electrons. The van der Waals surface area contributed by atoms with Gasteiger partial charge in [-0.2, -0.15) is 0 Å². The van der Waals surface area contributed by atoms with Gasteiger partial charge < -0.3 is 0 Å². The van der Waals surface area contributed by atoms with E-state index in [0.717, 1.165) is 0 Å². The van der Waals surface area contributed by atoms with Crippen molar-refractivity contribution in [1.82, 2.24) is 14.7 Å². The Kier molecular flexibility index (Phi) is 2.76. The standard InChI is InChI=1S/C8H5BFN5O2/c1-4-6(15(16)17)2-5(13-14-9-10)8-7(4)11-3-12-8/h2-3H,1H3/p+1. The van der Waals surface area contributed by atoms with E-state index in [4.69, 9.17) is 0 Å². The van der Waals surface area contributed by atoms with Crippen molar-refractivity contribution in [2.45, 2.75) is 6.92 Å². The van der Waals surface area contributed by atoms with Gasteiger partial charge in [-0.25, -0.2) is 0 Å². The number of H-pyrrole nitrogens is 1. The van der Waals surface area contributed by atoms with Crippen LogP contribution in [0.4, 0.5) is 15.7 Å². The third-order valence-electron chi connectivity index (χ3n) is 2.31. The topological polar surface area (TPSA) is 98.3 Å². The Bertz CT molecular complexity index is 661. The summed E-state index contributed by atoms with van der Waals surface area (Å²) < 4.78 is 14.9. The molecule has 0 atom stereocenters. The second-order valence-corrected chi connectivity index (χ2v) is 3.24. The number of nitro benzene ring substituents is 1. The number of halogens is 1. The van der Waals surface area contributed by atoms with Gasteiger partial charge in [-0.05, 0) is 0 Å². The summed E-state index contributed by atoms with van der Waals surface area (Å²) in [7, 11) is 0.00783. The SMILES string of the molecule is Cc1c([N+](=O)[O-])cc(N=[N+]=BF)c2[nH]cnc12. The van der Waals surface area contributed by atoms with Crippen LogP contribution < -0.4 is 4.69 Å². The number of rotatable bonds is 2. The summed E-state index contributed by atoms with van der Waals surface area (Å²) in [4.78, 5) is 17.0. The van der Waals surface area contributed by atoms with Crippen molar-refractivity contribution >= 4 is 29.8 Å². The van der Waals surface area contributed by atoms with Gasteiger partial charge in [0.25, 0.3) is 0 Å². The average Bonchev–Trinajstić information content (AvgIpc) is 2.77. The predicted molar refractivity (Wildman–Crippen MR) is 58.6 cm³/mol. The third kappa shape index (κ3) is 1.83. The Balaban J connectivity index is 2.83. The molecular weight excluding hydrogens is 228 g/mol. The van der Waals surface area contributed by atoms with Crippen molar-refractivity contribution in [3.8, 4) is 0 Å². The number of fused-ring (bicyclic) bond motifs is 1. The maximum absolute atomic E-state index is 11.8. The number of aromatic nitrogens is 2. The fourth-order valence-electron chi connectivity index (χ4n) is 1.56. The molecule has 0 amide bonds. The van der Waals surface area contributed by atoms with Crippen molar-refractivity contribution < 1.29 is 9.24 Å². The van der Waals surface area contributed by atoms with Crippen molar-refractivity contribution in [3.05, 3.63) is 28.1 Å². The zero-order chi connectivity index (χ0) is 12.4. The van der Waals surface area contributed by atoms with Gasteiger partial charge in [0, 0.05) is 0 Å². The number of imidazole rings is 1. The minimum atomic E-state index is -0.540. The molecule has 0 unspecified atom stereocenters. The summed E-state index contributed by atoms with van der Waals surface area (Å²) in [6.07, 6.45) is 1.39. The molecule has 0 saturated carbocycles. The van der Waals surface area contributed by atoms with E-state index in [9.17, 15) is 14.4 Å². The van der Waals surface area contributed by atoms with Crippen molar-refractivity contribution in [2.75, 3.05) is 0 Å². The molecule has 7 nitrogen and oxygen atoms in total. The van der Waals surface area contributed by atoms with E-state index in [1.54, 1.807) is 6.92 Å². The summed E-state index contributed by atoms with van der Waals surface area (Å²) in [5.41, 5.74) is 1.38. The van der Waals surface area contributed by atoms with Crippen molar-refractivity contribution in [2.24, 2.45) is 5.11 Å². The molecule has 0 fully saturated rings. The Morgan fingerprint density at radius 3 is 3.12 bits per heavy atom. The summed E-state index contributed by atoms with van der Waals surface area (Å²) in [6, 6.07) is 1.23. The quantitative estimate of drug-likeness (QED) is 0.281. The van der Waals surface area contributed by atoms with Crippen LogP contribution >= 0.6 is 0 Å². The number of nitrogens with zero attached hydrogens (tertiary/aromatic N) is 4. The van der Waals surface area contributed by atoms with Gasteiger partial charge in [-0.1, -0.05) is 0 Å². The Morgan fingerprint density at radius 1 is 1.71 bits per heavy atom. The number of nitro groups is 1. The van der Waals surface area contributed by atoms with E-state index >= 15 is 0 Å². The Labute approximate surface area is 94.6 Å². The third-order valence-corrected chi connectivity index (χ3v) is 2.31. The maximum atomic E-state index is 11.8. The second kappa shape index (κ2) is 4.22. The van der Waals surface area contributed by atoms with E-state index in [0.29, 0.717) is 16.6 Å². The van der Waals surface area contributed by atoms with E-state index < -0.39 is 4.92 Å². The molecule has 9 heteroatoms. The van der Waals surface area contributed by atoms with Crippen LogP contribution in [-0.4, -0.2) is 22.2 Å². The molecule has 0 saturated heterocycles. The second-order valence-electron chi connectivity index (χ2n) is 3.24. The van der Waals surface area contributed by atoms with Gasteiger partial charge in [-0.15, -0.1) is 0 Å². The molecule has 0 aliphatic rings. The van der Waals surface area contributed by atoms with Gasteiger partial charge in [0.1, 0.15) is 0 Å². The molecule has 0 bridgehead atoms. The normalized spacial score (nSPS) is 9.76.